The first-order valence-corrected chi connectivity index (χ1v) is 11.5. The fourth-order valence-corrected chi connectivity index (χ4v) is 4.07. The highest BCUT2D eigenvalue weighted by atomic mass is 19.4. The van der Waals surface area contributed by atoms with Gasteiger partial charge in [-0.15, -0.1) is 13.2 Å². The van der Waals surface area contributed by atoms with Gasteiger partial charge in [-0.25, -0.2) is 4.98 Å². The zero-order chi connectivity index (χ0) is 25.5. The van der Waals surface area contributed by atoms with E-state index in [0.29, 0.717) is 34.5 Å². The Labute approximate surface area is 206 Å². The number of nitrogens with zero attached hydrogens (tertiary/aromatic N) is 3. The highest BCUT2D eigenvalue weighted by Crippen LogP contribution is 2.35. The summed E-state index contributed by atoms with van der Waals surface area (Å²) < 4.78 is 44.9. The van der Waals surface area contributed by atoms with E-state index in [4.69, 9.17) is 10.1 Å². The second-order valence-electron chi connectivity index (χ2n) is 9.67. The van der Waals surface area contributed by atoms with Gasteiger partial charge in [0.15, 0.2) is 5.82 Å². The molecule has 1 N–H and O–H groups in total. The third kappa shape index (κ3) is 4.98. The highest BCUT2D eigenvalue weighted by molar-refractivity contribution is 5.85. The van der Waals surface area contributed by atoms with Crippen LogP contribution < -0.4 is 4.74 Å². The number of fused-ring (bicyclic) bond motifs is 1. The number of rotatable bonds is 5. The minimum absolute atomic E-state index is 0.155. The third-order valence-electron chi connectivity index (χ3n) is 5.87. The summed E-state index contributed by atoms with van der Waals surface area (Å²) in [7, 11) is 0. The molecule has 0 spiro atoms. The van der Waals surface area contributed by atoms with Crippen molar-refractivity contribution in [1.29, 1.82) is 0 Å². The van der Waals surface area contributed by atoms with Gasteiger partial charge in [-0.1, -0.05) is 75.4 Å². The molecule has 2 aromatic heterocycles. The molecular formula is C28H25F3N4O. The molecule has 0 aliphatic heterocycles. The average Bonchev–Trinajstić information content (AvgIpc) is 3.42. The summed E-state index contributed by atoms with van der Waals surface area (Å²) in [5.41, 5.74) is 5.07. The molecule has 36 heavy (non-hydrogen) atoms. The number of ether oxygens (including phenoxy) is 1. The lowest BCUT2D eigenvalue weighted by molar-refractivity contribution is -0.274. The molecule has 0 saturated heterocycles. The second kappa shape index (κ2) is 8.86. The summed E-state index contributed by atoms with van der Waals surface area (Å²) in [4.78, 5) is 8.12. The quantitative estimate of drug-likeness (QED) is 0.280. The van der Waals surface area contributed by atoms with Crippen LogP contribution in [0.4, 0.5) is 13.2 Å². The van der Waals surface area contributed by atoms with Crippen LogP contribution in [0.3, 0.4) is 0 Å². The molecule has 0 amide bonds. The predicted molar refractivity (Wildman–Crippen MR) is 134 cm³/mol. The standard InChI is InChI=1S/C28H25F3N4O/c1-27(2,3)25-16-23(35(34-25)17-18-9-5-4-6-10-18)26-32-21-14-13-19(15-22(21)33-26)20-11-7-8-12-24(20)36-28(29,30)31/h4-16H,17H2,1-3H3,(H,32,33). The van der Waals surface area contributed by atoms with Crippen LogP contribution in [-0.4, -0.2) is 26.1 Å². The SMILES string of the molecule is CC(C)(C)c1cc(-c2nc3ccc(-c4ccccc4OC(F)(F)F)cc3[nH]2)n(Cc2ccccc2)n1. The van der Waals surface area contributed by atoms with E-state index < -0.39 is 6.36 Å². The van der Waals surface area contributed by atoms with Gasteiger partial charge in [0, 0.05) is 11.0 Å². The summed E-state index contributed by atoms with van der Waals surface area (Å²) in [6, 6.07) is 23.5. The van der Waals surface area contributed by atoms with E-state index in [1.165, 1.54) is 12.1 Å². The molecule has 2 heterocycles. The Bertz CT molecular complexity index is 1510. The number of alkyl halides is 3. The molecule has 0 aliphatic rings. The number of benzene rings is 3. The first kappa shape index (κ1) is 23.7. The van der Waals surface area contributed by atoms with Crippen LogP contribution in [0.25, 0.3) is 33.7 Å². The molecule has 0 radical (unpaired) electrons. The van der Waals surface area contributed by atoms with E-state index in [9.17, 15) is 13.2 Å². The minimum Gasteiger partial charge on any atom is -0.405 e. The van der Waals surface area contributed by atoms with Gasteiger partial charge in [0.2, 0.25) is 0 Å². The van der Waals surface area contributed by atoms with E-state index >= 15 is 0 Å². The van der Waals surface area contributed by atoms with Gasteiger partial charge in [0.05, 0.1) is 23.3 Å². The molecule has 0 fully saturated rings. The fourth-order valence-electron chi connectivity index (χ4n) is 4.07. The van der Waals surface area contributed by atoms with Crippen molar-refractivity contribution in [2.75, 3.05) is 0 Å². The maximum atomic E-state index is 12.9. The van der Waals surface area contributed by atoms with Crippen molar-refractivity contribution >= 4 is 11.0 Å². The average molecular weight is 491 g/mol. The molecule has 8 heteroatoms. The molecular weight excluding hydrogens is 465 g/mol. The Hall–Kier alpha value is -4.07. The van der Waals surface area contributed by atoms with Crippen LogP contribution in [0, 0.1) is 0 Å². The topological polar surface area (TPSA) is 55.7 Å². The van der Waals surface area contributed by atoms with Crippen LogP contribution in [0.5, 0.6) is 5.75 Å². The van der Waals surface area contributed by atoms with Crippen molar-refractivity contribution in [1.82, 2.24) is 19.7 Å². The number of hydrogen-bond acceptors (Lipinski definition) is 3. The fraction of sp³-hybridized carbons (Fsp3) is 0.214. The van der Waals surface area contributed by atoms with Crippen molar-refractivity contribution in [2.45, 2.75) is 39.1 Å². The number of aromatic nitrogens is 4. The van der Waals surface area contributed by atoms with Crippen LogP contribution in [0.2, 0.25) is 0 Å². The Morgan fingerprint density at radius 1 is 0.889 bits per heavy atom. The van der Waals surface area contributed by atoms with Gasteiger partial charge < -0.3 is 9.72 Å². The second-order valence-corrected chi connectivity index (χ2v) is 9.67. The van der Waals surface area contributed by atoms with Gasteiger partial charge in [-0.2, -0.15) is 5.10 Å². The van der Waals surface area contributed by atoms with Gasteiger partial charge in [-0.3, -0.25) is 4.68 Å². The molecule has 0 atom stereocenters. The lowest BCUT2D eigenvalue weighted by atomic mass is 9.92. The van der Waals surface area contributed by atoms with Crippen molar-refractivity contribution < 1.29 is 17.9 Å². The lowest BCUT2D eigenvalue weighted by Crippen LogP contribution is -2.17. The smallest absolute Gasteiger partial charge is 0.405 e. The number of hydrogen-bond donors (Lipinski definition) is 1. The normalized spacial score (nSPS) is 12.3. The van der Waals surface area contributed by atoms with Crippen molar-refractivity contribution in [3.05, 3.63) is 90.1 Å². The number of halogens is 3. The van der Waals surface area contributed by atoms with E-state index in [2.05, 4.69) is 30.5 Å². The molecule has 0 bridgehead atoms. The van der Waals surface area contributed by atoms with Crippen LogP contribution in [0.15, 0.2) is 78.9 Å². The van der Waals surface area contributed by atoms with Crippen LogP contribution >= 0.6 is 0 Å². The molecule has 0 saturated carbocycles. The molecule has 5 aromatic rings. The Balaban J connectivity index is 1.56. The summed E-state index contributed by atoms with van der Waals surface area (Å²) in [6.07, 6.45) is -4.77. The molecule has 0 aliphatic carbocycles. The molecule has 5 rings (SSSR count). The van der Waals surface area contributed by atoms with Crippen molar-refractivity contribution in [3.8, 4) is 28.4 Å². The van der Waals surface area contributed by atoms with Gasteiger partial charge in [0.25, 0.3) is 0 Å². The van der Waals surface area contributed by atoms with Crippen LogP contribution in [0.1, 0.15) is 32.0 Å². The molecule has 184 valence electrons. The maximum absolute atomic E-state index is 12.9. The summed E-state index contributed by atoms with van der Waals surface area (Å²) >= 11 is 0. The zero-order valence-corrected chi connectivity index (χ0v) is 20.1. The Morgan fingerprint density at radius 2 is 1.61 bits per heavy atom. The van der Waals surface area contributed by atoms with E-state index in [-0.39, 0.29) is 11.2 Å². The maximum Gasteiger partial charge on any atom is 0.573 e. The first-order chi connectivity index (χ1) is 17.1. The van der Waals surface area contributed by atoms with E-state index in [1.54, 1.807) is 30.3 Å². The lowest BCUT2D eigenvalue weighted by Gasteiger charge is -2.14. The zero-order valence-electron chi connectivity index (χ0n) is 20.1. The van der Waals surface area contributed by atoms with Crippen molar-refractivity contribution in [3.63, 3.8) is 0 Å². The van der Waals surface area contributed by atoms with Gasteiger partial charge in [-0.05, 0) is 35.4 Å². The van der Waals surface area contributed by atoms with Gasteiger partial charge >= 0.3 is 6.36 Å². The number of nitrogens with one attached hydrogen (secondary N) is 1. The number of para-hydroxylation sites is 1. The predicted octanol–water partition coefficient (Wildman–Crippen LogP) is 7.34. The van der Waals surface area contributed by atoms with Crippen molar-refractivity contribution in [2.24, 2.45) is 0 Å². The Kier molecular flexibility index (Phi) is 5.82. The monoisotopic (exact) mass is 490 g/mol. The third-order valence-corrected chi connectivity index (χ3v) is 5.87. The molecule has 0 unspecified atom stereocenters. The Morgan fingerprint density at radius 3 is 2.33 bits per heavy atom. The minimum atomic E-state index is -4.77. The van der Waals surface area contributed by atoms with Crippen LogP contribution in [-0.2, 0) is 12.0 Å². The summed E-state index contributed by atoms with van der Waals surface area (Å²) in [5, 5.41) is 4.87. The van der Waals surface area contributed by atoms with E-state index in [1.807, 2.05) is 41.1 Å². The van der Waals surface area contributed by atoms with Gasteiger partial charge in [0.1, 0.15) is 11.4 Å². The largest absolute Gasteiger partial charge is 0.573 e. The number of H-pyrrole nitrogens is 1. The summed E-state index contributed by atoms with van der Waals surface area (Å²) in [6.45, 7) is 6.91. The first-order valence-electron chi connectivity index (χ1n) is 11.5. The highest BCUT2D eigenvalue weighted by Gasteiger charge is 2.32. The number of imidazole rings is 1. The number of aromatic amines is 1. The van der Waals surface area contributed by atoms with E-state index in [0.717, 1.165) is 17.0 Å². The summed E-state index contributed by atoms with van der Waals surface area (Å²) in [5.74, 6) is 0.390. The molecule has 3 aromatic carbocycles. The molecule has 5 nitrogen and oxygen atoms in total.